The minimum atomic E-state index is -3.51. The molecule has 0 spiro atoms. The number of furan rings is 1. The van der Waals surface area contributed by atoms with Gasteiger partial charge in [0.15, 0.2) is 0 Å². The third-order valence-electron chi connectivity index (χ3n) is 4.30. The maximum Gasteiger partial charge on any atom is 0.371 e. The molecule has 1 aromatic carbocycles. The summed E-state index contributed by atoms with van der Waals surface area (Å²) in [5.41, 5.74) is 0.633. The lowest BCUT2D eigenvalue weighted by molar-refractivity contribution is 0.0663. The second-order valence-electron chi connectivity index (χ2n) is 5.95. The molecule has 0 amide bonds. The summed E-state index contributed by atoms with van der Waals surface area (Å²) < 4.78 is 32.3. The minimum Gasteiger partial charge on any atom is -0.475 e. The highest BCUT2D eigenvalue weighted by atomic mass is 32.2. The molecule has 128 valence electrons. The number of nitrogens with zero attached hydrogens (tertiary/aromatic N) is 1. The summed E-state index contributed by atoms with van der Waals surface area (Å²) in [6, 6.07) is 9.27. The highest BCUT2D eigenvalue weighted by Gasteiger charge is 2.30. The molecule has 1 unspecified atom stereocenters. The SMILES string of the molecule is CC1CCCCN1S(=O)(=O)c1ccc(-c2ccc(C(=O)O)o2)cc1. The van der Waals surface area contributed by atoms with Crippen molar-refractivity contribution in [1.82, 2.24) is 4.31 Å². The van der Waals surface area contributed by atoms with Gasteiger partial charge in [-0.3, -0.25) is 0 Å². The maximum atomic E-state index is 12.8. The number of carbonyl (C=O) groups is 1. The van der Waals surface area contributed by atoms with E-state index in [0.717, 1.165) is 19.3 Å². The molecule has 2 aromatic rings. The van der Waals surface area contributed by atoms with Gasteiger partial charge in [-0.25, -0.2) is 13.2 Å². The van der Waals surface area contributed by atoms with Crippen LogP contribution < -0.4 is 0 Å². The molecule has 0 bridgehead atoms. The summed E-state index contributed by atoms with van der Waals surface area (Å²) in [7, 11) is -3.51. The van der Waals surface area contributed by atoms with Crippen LogP contribution in [-0.2, 0) is 10.0 Å². The Hall–Kier alpha value is -2.12. The van der Waals surface area contributed by atoms with Crippen LogP contribution >= 0.6 is 0 Å². The molecule has 1 aromatic heterocycles. The van der Waals surface area contributed by atoms with Crippen LogP contribution in [0, 0.1) is 0 Å². The molecule has 1 fully saturated rings. The van der Waals surface area contributed by atoms with E-state index in [0.29, 0.717) is 17.9 Å². The smallest absolute Gasteiger partial charge is 0.371 e. The first-order valence-electron chi connectivity index (χ1n) is 7.85. The predicted octanol–water partition coefficient (Wildman–Crippen LogP) is 3.21. The van der Waals surface area contributed by atoms with E-state index in [1.165, 1.54) is 18.2 Å². The van der Waals surface area contributed by atoms with Gasteiger partial charge in [0.25, 0.3) is 0 Å². The minimum absolute atomic E-state index is 0.00613. The highest BCUT2D eigenvalue weighted by Crippen LogP contribution is 2.28. The Kier molecular flexibility index (Phi) is 4.47. The number of aromatic carboxylic acids is 1. The van der Waals surface area contributed by atoms with Crippen LogP contribution in [0.5, 0.6) is 0 Å². The molecular formula is C17H19NO5S. The van der Waals surface area contributed by atoms with E-state index in [-0.39, 0.29) is 16.7 Å². The fraction of sp³-hybridized carbons (Fsp3) is 0.353. The van der Waals surface area contributed by atoms with Crippen LogP contribution in [0.4, 0.5) is 0 Å². The molecule has 1 atom stereocenters. The van der Waals surface area contributed by atoms with Crippen LogP contribution in [0.15, 0.2) is 45.7 Å². The molecule has 2 heterocycles. The Bertz CT molecular complexity index is 838. The van der Waals surface area contributed by atoms with E-state index in [1.54, 1.807) is 22.5 Å². The third-order valence-corrected chi connectivity index (χ3v) is 6.33. The normalized spacial score (nSPS) is 19.3. The quantitative estimate of drug-likeness (QED) is 0.916. The van der Waals surface area contributed by atoms with Crippen molar-refractivity contribution in [1.29, 1.82) is 0 Å². The van der Waals surface area contributed by atoms with Crippen LogP contribution in [0.3, 0.4) is 0 Å². The van der Waals surface area contributed by atoms with E-state index in [9.17, 15) is 13.2 Å². The first kappa shape index (κ1) is 16.7. The van der Waals surface area contributed by atoms with Crippen LogP contribution in [0.1, 0.15) is 36.7 Å². The number of hydrogen-bond acceptors (Lipinski definition) is 4. The van der Waals surface area contributed by atoms with Gasteiger partial charge in [0.05, 0.1) is 4.90 Å². The van der Waals surface area contributed by atoms with Gasteiger partial charge in [0, 0.05) is 18.2 Å². The first-order chi connectivity index (χ1) is 11.4. The van der Waals surface area contributed by atoms with Gasteiger partial charge in [0.1, 0.15) is 5.76 Å². The van der Waals surface area contributed by atoms with Crippen molar-refractivity contribution in [3.63, 3.8) is 0 Å². The Labute approximate surface area is 140 Å². The average molecular weight is 349 g/mol. The van der Waals surface area contributed by atoms with Gasteiger partial charge in [-0.2, -0.15) is 4.31 Å². The number of rotatable bonds is 4. The van der Waals surface area contributed by atoms with Crippen molar-refractivity contribution in [2.45, 2.75) is 37.1 Å². The topological polar surface area (TPSA) is 87.8 Å². The summed E-state index contributed by atoms with van der Waals surface area (Å²) in [6.45, 7) is 2.48. The van der Waals surface area contributed by atoms with Gasteiger partial charge in [0.2, 0.25) is 15.8 Å². The molecule has 0 saturated carbocycles. The number of carboxylic acids is 1. The zero-order chi connectivity index (χ0) is 17.3. The van der Waals surface area contributed by atoms with Crippen LogP contribution in [-0.4, -0.2) is 36.4 Å². The lowest BCUT2D eigenvalue weighted by atomic mass is 10.1. The van der Waals surface area contributed by atoms with Crippen molar-refractivity contribution >= 4 is 16.0 Å². The largest absolute Gasteiger partial charge is 0.475 e. The second-order valence-corrected chi connectivity index (χ2v) is 7.84. The zero-order valence-electron chi connectivity index (χ0n) is 13.3. The van der Waals surface area contributed by atoms with Gasteiger partial charge in [-0.15, -0.1) is 0 Å². The van der Waals surface area contributed by atoms with Crippen LogP contribution in [0.25, 0.3) is 11.3 Å². The van der Waals surface area contributed by atoms with E-state index in [1.807, 2.05) is 6.92 Å². The van der Waals surface area contributed by atoms with E-state index in [2.05, 4.69) is 0 Å². The maximum absolute atomic E-state index is 12.8. The van der Waals surface area contributed by atoms with Gasteiger partial charge >= 0.3 is 5.97 Å². The van der Waals surface area contributed by atoms with E-state index in [4.69, 9.17) is 9.52 Å². The molecule has 1 aliphatic heterocycles. The predicted molar refractivity (Wildman–Crippen MR) is 88.3 cm³/mol. The molecular weight excluding hydrogens is 330 g/mol. The summed E-state index contributed by atoms with van der Waals surface area (Å²) in [5.74, 6) is -0.897. The Balaban J connectivity index is 1.86. The number of sulfonamides is 1. The highest BCUT2D eigenvalue weighted by molar-refractivity contribution is 7.89. The van der Waals surface area contributed by atoms with Gasteiger partial charge < -0.3 is 9.52 Å². The fourth-order valence-corrected chi connectivity index (χ4v) is 4.66. The number of hydrogen-bond donors (Lipinski definition) is 1. The second kappa shape index (κ2) is 6.41. The number of benzene rings is 1. The van der Waals surface area contributed by atoms with E-state index < -0.39 is 16.0 Å². The molecule has 24 heavy (non-hydrogen) atoms. The average Bonchev–Trinajstić information content (AvgIpc) is 3.05. The summed E-state index contributed by atoms with van der Waals surface area (Å²) in [4.78, 5) is 11.1. The Morgan fingerprint density at radius 2 is 1.88 bits per heavy atom. The molecule has 1 saturated heterocycles. The summed E-state index contributed by atoms with van der Waals surface area (Å²) >= 11 is 0. The van der Waals surface area contributed by atoms with Crippen molar-refractivity contribution in [3.05, 3.63) is 42.2 Å². The standard InChI is InChI=1S/C17H19NO5S/c1-12-4-2-3-11-18(12)24(21,22)14-7-5-13(6-8-14)15-9-10-16(23-15)17(19)20/h5-10,12H,2-4,11H2,1H3,(H,19,20). The van der Waals surface area contributed by atoms with Crippen molar-refractivity contribution in [3.8, 4) is 11.3 Å². The van der Waals surface area contributed by atoms with E-state index >= 15 is 0 Å². The third kappa shape index (κ3) is 3.09. The number of piperidine rings is 1. The zero-order valence-corrected chi connectivity index (χ0v) is 14.1. The Morgan fingerprint density at radius 1 is 1.17 bits per heavy atom. The fourth-order valence-electron chi connectivity index (χ4n) is 2.96. The van der Waals surface area contributed by atoms with Crippen LogP contribution in [0.2, 0.25) is 0 Å². The number of carboxylic acid groups (broad SMARTS) is 1. The Morgan fingerprint density at radius 3 is 2.46 bits per heavy atom. The first-order valence-corrected chi connectivity index (χ1v) is 9.29. The lowest BCUT2D eigenvalue weighted by Crippen LogP contribution is -2.41. The monoisotopic (exact) mass is 349 g/mol. The molecule has 7 heteroatoms. The van der Waals surface area contributed by atoms with Crippen molar-refractivity contribution in [2.75, 3.05) is 6.54 Å². The molecule has 0 radical (unpaired) electrons. The molecule has 3 rings (SSSR count). The van der Waals surface area contributed by atoms with Crippen molar-refractivity contribution in [2.24, 2.45) is 0 Å². The molecule has 0 aliphatic carbocycles. The van der Waals surface area contributed by atoms with Crippen molar-refractivity contribution < 1.29 is 22.7 Å². The lowest BCUT2D eigenvalue weighted by Gasteiger charge is -2.32. The molecule has 1 aliphatic rings. The van der Waals surface area contributed by atoms with Gasteiger partial charge in [-0.05, 0) is 56.2 Å². The molecule has 1 N–H and O–H groups in total. The summed E-state index contributed by atoms with van der Waals surface area (Å²) in [5, 5.41) is 8.89. The van der Waals surface area contributed by atoms with Gasteiger partial charge in [-0.1, -0.05) is 6.42 Å². The molecule has 6 nitrogen and oxygen atoms in total. The summed E-state index contributed by atoms with van der Waals surface area (Å²) in [6.07, 6.45) is 2.81.